The molecule has 0 saturated carbocycles. The summed E-state index contributed by atoms with van der Waals surface area (Å²) in [5.41, 5.74) is 0. The van der Waals surface area contributed by atoms with Crippen LogP contribution in [0.2, 0.25) is 0 Å². The van der Waals surface area contributed by atoms with E-state index < -0.39 is 19.9 Å². The highest BCUT2D eigenvalue weighted by atomic mass is 31.2. The number of hydrogen-bond acceptors (Lipinski definition) is 7. The second-order valence-corrected chi connectivity index (χ2v) is 16.5. The second kappa shape index (κ2) is 37.0. The van der Waals surface area contributed by atoms with E-state index in [2.05, 4.69) is 62.5 Å². The number of likely N-dealkylation sites (N-methyl/N-ethyl adjacent to an activating group) is 1. The highest BCUT2D eigenvalue weighted by Gasteiger charge is 2.20. The molecular weight excluding hydrogens is 685 g/mol. The van der Waals surface area contributed by atoms with E-state index in [-0.39, 0.29) is 26.2 Å². The number of allylic oxidation sites excluding steroid dienone is 9. The van der Waals surface area contributed by atoms with Gasteiger partial charge in [-0.15, -0.1) is 0 Å². The van der Waals surface area contributed by atoms with Crippen molar-refractivity contribution in [1.82, 2.24) is 0 Å². The molecule has 0 aliphatic heterocycles. The van der Waals surface area contributed by atoms with Gasteiger partial charge in [0.25, 0.3) is 7.82 Å². The van der Waals surface area contributed by atoms with E-state index in [1.807, 2.05) is 27.2 Å². The van der Waals surface area contributed by atoms with Crippen LogP contribution in [0.3, 0.4) is 0 Å². The number of phosphoric acid groups is 1. The van der Waals surface area contributed by atoms with Crippen LogP contribution in [0.1, 0.15) is 162 Å². The number of hydrogen-bond donors (Lipinski definition) is 0. The maximum absolute atomic E-state index is 12.6. The Bertz CT molecular complexity index is 1030. The number of quaternary nitrogens is 1. The van der Waals surface area contributed by atoms with Gasteiger partial charge in [0.1, 0.15) is 19.8 Å². The first-order valence-corrected chi connectivity index (χ1v) is 22.5. The lowest BCUT2D eigenvalue weighted by Crippen LogP contribution is -2.37. The van der Waals surface area contributed by atoms with E-state index in [4.69, 9.17) is 18.5 Å². The maximum atomic E-state index is 12.6. The van der Waals surface area contributed by atoms with Gasteiger partial charge in [-0.2, -0.15) is 0 Å². The molecule has 8 nitrogen and oxygen atoms in total. The lowest BCUT2D eigenvalue weighted by Gasteiger charge is -2.28. The fraction of sp³-hybridized carbons (Fsp3) is 0.750. The fourth-order valence-electron chi connectivity index (χ4n) is 5.33. The highest BCUT2D eigenvalue weighted by Crippen LogP contribution is 2.38. The zero-order valence-electron chi connectivity index (χ0n) is 34.7. The van der Waals surface area contributed by atoms with Gasteiger partial charge in [-0.1, -0.05) is 146 Å². The Balaban J connectivity index is 4.43. The molecule has 0 aromatic rings. The lowest BCUT2D eigenvalue weighted by molar-refractivity contribution is -0.870. The number of rotatable bonds is 38. The van der Waals surface area contributed by atoms with E-state index in [0.29, 0.717) is 17.4 Å². The molecule has 0 aromatic heterocycles. The van der Waals surface area contributed by atoms with Gasteiger partial charge in [-0.3, -0.25) is 9.36 Å². The summed E-state index contributed by atoms with van der Waals surface area (Å²) < 4.78 is 34.2. The summed E-state index contributed by atoms with van der Waals surface area (Å²) in [6.45, 7) is 4.63. The van der Waals surface area contributed by atoms with Crippen molar-refractivity contribution >= 4 is 13.8 Å². The van der Waals surface area contributed by atoms with Crippen molar-refractivity contribution in [3.8, 4) is 0 Å². The van der Waals surface area contributed by atoms with Crippen LogP contribution in [0.25, 0.3) is 0 Å². The molecule has 0 heterocycles. The van der Waals surface area contributed by atoms with Gasteiger partial charge in [0.05, 0.1) is 34.0 Å². The molecule has 0 bridgehead atoms. The smallest absolute Gasteiger partial charge is 0.306 e. The van der Waals surface area contributed by atoms with Crippen LogP contribution < -0.4 is 4.89 Å². The molecule has 1 unspecified atom stereocenters. The van der Waals surface area contributed by atoms with Crippen molar-refractivity contribution < 1.29 is 37.3 Å². The van der Waals surface area contributed by atoms with Gasteiger partial charge in [-0.25, -0.2) is 0 Å². The van der Waals surface area contributed by atoms with E-state index in [9.17, 15) is 14.3 Å². The molecule has 308 valence electrons. The van der Waals surface area contributed by atoms with Crippen LogP contribution in [0.5, 0.6) is 0 Å². The first kappa shape index (κ1) is 51.0. The molecule has 0 N–H and O–H groups in total. The summed E-state index contributed by atoms with van der Waals surface area (Å²) in [6, 6.07) is 0. The van der Waals surface area contributed by atoms with Crippen molar-refractivity contribution in [3.63, 3.8) is 0 Å². The van der Waals surface area contributed by atoms with Crippen LogP contribution in [-0.2, 0) is 27.9 Å². The molecule has 9 heteroatoms. The van der Waals surface area contributed by atoms with Crippen molar-refractivity contribution in [2.75, 3.05) is 47.5 Å². The Morgan fingerprint density at radius 1 is 0.604 bits per heavy atom. The summed E-state index contributed by atoms with van der Waals surface area (Å²) >= 11 is 0. The molecule has 2 atom stereocenters. The summed E-state index contributed by atoms with van der Waals surface area (Å²) in [6.07, 6.45) is 46.1. The predicted molar refractivity (Wildman–Crippen MR) is 221 cm³/mol. The average molecular weight is 766 g/mol. The molecule has 0 aliphatic rings. The normalized spacial score (nSPS) is 14.4. The Morgan fingerprint density at radius 2 is 1.06 bits per heavy atom. The standard InChI is InChI=1S/C44H80NO7P/c1-6-8-10-12-14-16-18-20-22-23-24-25-27-29-31-33-35-37-44(46)52-43(42-51-53(47,48)50-40-38-45(3,4)5)41-49-39-36-34-32-30-28-26-21-19-17-15-13-11-9-7-2/h14,16,20,22,24-25,29,31,36,39,43H,6-13,15,17-19,21,23,26-28,30,32-35,37-38,40-42H2,1-5H3/b16-14-,22-20-,25-24-,31-29-,39-36+/t43-/m1/s1. The van der Waals surface area contributed by atoms with E-state index in [1.165, 1.54) is 96.3 Å². The van der Waals surface area contributed by atoms with Crippen LogP contribution in [0.4, 0.5) is 0 Å². The average Bonchev–Trinajstić information content (AvgIpc) is 3.11. The molecule has 53 heavy (non-hydrogen) atoms. The topological polar surface area (TPSA) is 94.1 Å². The van der Waals surface area contributed by atoms with E-state index in [0.717, 1.165) is 38.5 Å². The van der Waals surface area contributed by atoms with Gasteiger partial charge in [0, 0.05) is 6.42 Å². The van der Waals surface area contributed by atoms with Crippen LogP contribution >= 0.6 is 7.82 Å². The first-order valence-electron chi connectivity index (χ1n) is 21.1. The largest absolute Gasteiger partial charge is 0.756 e. The monoisotopic (exact) mass is 766 g/mol. The quantitative estimate of drug-likeness (QED) is 0.0154. The Labute approximate surface area is 326 Å². The molecule has 0 rings (SSSR count). The molecule has 0 fully saturated rings. The number of phosphoric ester groups is 1. The summed E-state index contributed by atoms with van der Waals surface area (Å²) in [5, 5.41) is 0. The van der Waals surface area contributed by atoms with Crippen molar-refractivity contribution in [3.05, 3.63) is 60.9 Å². The molecule has 0 saturated heterocycles. The Hall–Kier alpha value is -1.96. The second-order valence-electron chi connectivity index (χ2n) is 15.1. The van der Waals surface area contributed by atoms with Crippen LogP contribution in [0, 0.1) is 0 Å². The molecule has 0 spiro atoms. The van der Waals surface area contributed by atoms with E-state index >= 15 is 0 Å². The molecule has 0 amide bonds. The third-order valence-corrected chi connectivity index (χ3v) is 9.60. The first-order chi connectivity index (χ1) is 25.6. The number of esters is 1. The van der Waals surface area contributed by atoms with Gasteiger partial charge in [0.2, 0.25) is 0 Å². The van der Waals surface area contributed by atoms with E-state index in [1.54, 1.807) is 6.26 Å². The number of carbonyl (C=O) groups is 1. The zero-order valence-corrected chi connectivity index (χ0v) is 35.6. The fourth-order valence-corrected chi connectivity index (χ4v) is 6.06. The number of unbranched alkanes of at least 4 members (excludes halogenated alkanes) is 16. The number of ether oxygens (including phenoxy) is 2. The maximum Gasteiger partial charge on any atom is 0.306 e. The Morgan fingerprint density at radius 3 is 1.60 bits per heavy atom. The van der Waals surface area contributed by atoms with Gasteiger partial charge >= 0.3 is 5.97 Å². The highest BCUT2D eigenvalue weighted by molar-refractivity contribution is 7.45. The minimum Gasteiger partial charge on any atom is -0.756 e. The van der Waals surface area contributed by atoms with Gasteiger partial charge in [-0.05, 0) is 63.9 Å². The lowest BCUT2D eigenvalue weighted by atomic mass is 10.0. The molecular formula is C44H80NO7P. The van der Waals surface area contributed by atoms with Crippen molar-refractivity contribution in [2.24, 2.45) is 0 Å². The predicted octanol–water partition coefficient (Wildman–Crippen LogP) is 11.9. The van der Waals surface area contributed by atoms with Crippen LogP contribution in [-0.4, -0.2) is 64.1 Å². The number of nitrogens with zero attached hydrogens (tertiary/aromatic N) is 1. The SMILES string of the molecule is CCCCC/C=C\C/C=C\C/C=C\C/C=C\CCCC(=O)O[C@H](CO/C=C/CCCCCCCCCCCCCC)COP(=O)([O-])OCC[N+](C)(C)C. The summed E-state index contributed by atoms with van der Waals surface area (Å²) in [7, 11) is 1.28. The van der Waals surface area contributed by atoms with Crippen molar-refractivity contribution in [2.45, 2.75) is 168 Å². The molecule has 0 radical (unpaired) electrons. The molecule has 0 aromatic carbocycles. The third kappa shape index (κ3) is 41.1. The third-order valence-electron chi connectivity index (χ3n) is 8.64. The van der Waals surface area contributed by atoms with Crippen LogP contribution in [0.15, 0.2) is 60.9 Å². The molecule has 0 aliphatic carbocycles. The zero-order chi connectivity index (χ0) is 39.1. The summed E-state index contributed by atoms with van der Waals surface area (Å²) in [5.74, 6) is -0.412. The summed E-state index contributed by atoms with van der Waals surface area (Å²) in [4.78, 5) is 25.0. The van der Waals surface area contributed by atoms with Gasteiger partial charge < -0.3 is 27.9 Å². The van der Waals surface area contributed by atoms with Crippen molar-refractivity contribution in [1.29, 1.82) is 0 Å². The minimum absolute atomic E-state index is 0.00324. The van der Waals surface area contributed by atoms with Gasteiger partial charge in [0.15, 0.2) is 6.10 Å². The Kier molecular flexibility index (Phi) is 35.6. The minimum atomic E-state index is -4.55. The number of carbonyl (C=O) groups excluding carboxylic acids is 1.